The van der Waals surface area contributed by atoms with Crippen molar-refractivity contribution in [3.05, 3.63) is 65.5 Å². The molecule has 0 aliphatic rings. The molecule has 2 N–H and O–H groups in total. The zero-order chi connectivity index (χ0) is 15.0. The van der Waals surface area contributed by atoms with Crippen LogP contribution in [0, 0.1) is 18.6 Å². The van der Waals surface area contributed by atoms with Crippen LogP contribution in [0.25, 0.3) is 21.9 Å². The second-order valence-electron chi connectivity index (χ2n) is 4.95. The smallest absolute Gasteiger partial charge is 0.159 e. The van der Waals surface area contributed by atoms with Gasteiger partial charge in [0.15, 0.2) is 11.6 Å². The third-order valence-corrected chi connectivity index (χ3v) is 3.62. The summed E-state index contributed by atoms with van der Waals surface area (Å²) in [5.74, 6) is -1.72. The minimum Gasteiger partial charge on any atom is -0.325 e. The minimum absolute atomic E-state index is 0.333. The van der Waals surface area contributed by atoms with Crippen molar-refractivity contribution in [3.8, 4) is 11.1 Å². The first kappa shape index (κ1) is 13.6. The summed E-state index contributed by atoms with van der Waals surface area (Å²) in [6.45, 7) is 2.32. The Morgan fingerprint density at radius 2 is 1.90 bits per heavy atom. The molecule has 2 nitrogen and oxygen atoms in total. The van der Waals surface area contributed by atoms with Gasteiger partial charge in [-0.05, 0) is 35.6 Å². The molecule has 0 saturated heterocycles. The van der Waals surface area contributed by atoms with Gasteiger partial charge in [-0.3, -0.25) is 4.98 Å². The van der Waals surface area contributed by atoms with Crippen molar-refractivity contribution in [1.29, 1.82) is 0 Å². The number of benzene rings is 2. The molecule has 0 saturated carbocycles. The van der Waals surface area contributed by atoms with Gasteiger partial charge in [-0.15, -0.1) is 0 Å². The fraction of sp³-hybridized carbons (Fsp3) is 0.118. The average Bonchev–Trinajstić information content (AvgIpc) is 2.49. The summed E-state index contributed by atoms with van der Waals surface area (Å²) in [6.07, 6.45) is 1.66. The summed E-state index contributed by atoms with van der Waals surface area (Å²) >= 11 is 0. The largest absolute Gasteiger partial charge is 0.325 e. The van der Waals surface area contributed by atoms with E-state index in [-0.39, 0.29) is 0 Å². The van der Waals surface area contributed by atoms with Gasteiger partial charge in [-0.25, -0.2) is 8.78 Å². The van der Waals surface area contributed by atoms with Crippen molar-refractivity contribution in [2.45, 2.75) is 13.5 Å². The van der Waals surface area contributed by atoms with Crippen LogP contribution in [0.5, 0.6) is 0 Å². The van der Waals surface area contributed by atoms with Crippen molar-refractivity contribution < 1.29 is 8.78 Å². The Hall–Kier alpha value is -2.33. The Morgan fingerprint density at radius 3 is 2.62 bits per heavy atom. The molecular weight excluding hydrogens is 270 g/mol. The van der Waals surface area contributed by atoms with Gasteiger partial charge in [0.2, 0.25) is 0 Å². The van der Waals surface area contributed by atoms with Crippen LogP contribution in [0.15, 0.2) is 42.6 Å². The zero-order valence-corrected chi connectivity index (χ0v) is 11.5. The third kappa shape index (κ3) is 2.28. The molecule has 106 valence electrons. The lowest BCUT2D eigenvalue weighted by molar-refractivity contribution is 0.509. The number of halogens is 2. The van der Waals surface area contributed by atoms with Crippen LogP contribution < -0.4 is 5.73 Å². The summed E-state index contributed by atoms with van der Waals surface area (Å²) in [5, 5.41) is 1.92. The van der Waals surface area contributed by atoms with E-state index in [9.17, 15) is 8.78 Å². The molecule has 0 atom stereocenters. The predicted molar refractivity (Wildman–Crippen MR) is 79.7 cm³/mol. The van der Waals surface area contributed by atoms with Crippen molar-refractivity contribution in [1.82, 2.24) is 4.98 Å². The van der Waals surface area contributed by atoms with E-state index in [2.05, 4.69) is 4.98 Å². The van der Waals surface area contributed by atoms with Crippen LogP contribution in [0.2, 0.25) is 0 Å². The van der Waals surface area contributed by atoms with E-state index in [4.69, 9.17) is 5.73 Å². The Kier molecular flexibility index (Phi) is 3.39. The van der Waals surface area contributed by atoms with E-state index in [1.807, 2.05) is 25.1 Å². The topological polar surface area (TPSA) is 38.9 Å². The maximum absolute atomic E-state index is 13.5. The SMILES string of the molecule is Cc1cccc2c(-c3ccc(F)c(F)c3)cnc(CN)c12. The Balaban J connectivity index is 2.33. The number of rotatable bonds is 2. The molecule has 4 heteroatoms. The monoisotopic (exact) mass is 284 g/mol. The van der Waals surface area contributed by atoms with Gasteiger partial charge in [0.05, 0.1) is 5.69 Å². The summed E-state index contributed by atoms with van der Waals surface area (Å²) in [7, 11) is 0. The number of fused-ring (bicyclic) bond motifs is 1. The van der Waals surface area contributed by atoms with Gasteiger partial charge >= 0.3 is 0 Å². The van der Waals surface area contributed by atoms with Crippen LogP contribution in [0.1, 0.15) is 11.3 Å². The lowest BCUT2D eigenvalue weighted by atomic mass is 9.96. The lowest BCUT2D eigenvalue weighted by Crippen LogP contribution is -2.02. The minimum atomic E-state index is -0.865. The maximum Gasteiger partial charge on any atom is 0.159 e. The fourth-order valence-electron chi connectivity index (χ4n) is 2.60. The van der Waals surface area contributed by atoms with Gasteiger partial charge in [-0.1, -0.05) is 24.3 Å². The summed E-state index contributed by atoms with van der Waals surface area (Å²) in [6, 6.07) is 9.73. The molecule has 0 aliphatic carbocycles. The Bertz CT molecular complexity index is 828. The van der Waals surface area contributed by atoms with Crippen molar-refractivity contribution in [3.63, 3.8) is 0 Å². The standard InChI is InChI=1S/C17H14F2N2/c1-10-3-2-4-12-13(9-21-16(8-20)17(10)12)11-5-6-14(18)15(19)7-11/h2-7,9H,8,20H2,1H3. The van der Waals surface area contributed by atoms with Crippen molar-refractivity contribution in [2.75, 3.05) is 0 Å². The van der Waals surface area contributed by atoms with Gasteiger partial charge in [0, 0.05) is 23.7 Å². The van der Waals surface area contributed by atoms with E-state index in [1.165, 1.54) is 6.07 Å². The lowest BCUT2D eigenvalue weighted by Gasteiger charge is -2.12. The van der Waals surface area contributed by atoms with E-state index in [1.54, 1.807) is 12.3 Å². The maximum atomic E-state index is 13.5. The highest BCUT2D eigenvalue weighted by molar-refractivity contribution is 5.99. The molecule has 21 heavy (non-hydrogen) atoms. The number of pyridine rings is 1. The molecule has 0 amide bonds. The van der Waals surface area contributed by atoms with Crippen molar-refractivity contribution in [2.24, 2.45) is 5.73 Å². The molecule has 3 aromatic rings. The highest BCUT2D eigenvalue weighted by Gasteiger charge is 2.12. The van der Waals surface area contributed by atoms with Crippen LogP contribution in [-0.2, 0) is 6.54 Å². The molecule has 3 rings (SSSR count). The quantitative estimate of drug-likeness (QED) is 0.774. The third-order valence-electron chi connectivity index (χ3n) is 3.62. The number of hydrogen-bond acceptors (Lipinski definition) is 2. The zero-order valence-electron chi connectivity index (χ0n) is 11.5. The molecule has 0 radical (unpaired) electrons. The molecule has 0 aliphatic heterocycles. The van der Waals surface area contributed by atoms with E-state index in [0.717, 1.165) is 33.7 Å². The first-order valence-corrected chi connectivity index (χ1v) is 6.64. The molecule has 1 heterocycles. The van der Waals surface area contributed by atoms with Crippen molar-refractivity contribution >= 4 is 10.8 Å². The highest BCUT2D eigenvalue weighted by Crippen LogP contribution is 2.31. The van der Waals surface area contributed by atoms with E-state index >= 15 is 0 Å². The van der Waals surface area contributed by atoms with Gasteiger partial charge in [0.25, 0.3) is 0 Å². The van der Waals surface area contributed by atoms with Gasteiger partial charge < -0.3 is 5.73 Å². The first-order chi connectivity index (χ1) is 10.1. The number of aromatic nitrogens is 1. The van der Waals surface area contributed by atoms with Gasteiger partial charge in [-0.2, -0.15) is 0 Å². The summed E-state index contributed by atoms with van der Waals surface area (Å²) < 4.78 is 26.6. The average molecular weight is 284 g/mol. The molecule has 0 bridgehead atoms. The second kappa shape index (κ2) is 5.22. The molecule has 0 fully saturated rings. The number of nitrogens with two attached hydrogens (primary N) is 1. The van der Waals surface area contributed by atoms with E-state index in [0.29, 0.717) is 12.1 Å². The second-order valence-corrected chi connectivity index (χ2v) is 4.95. The fourth-order valence-corrected chi connectivity index (χ4v) is 2.60. The highest BCUT2D eigenvalue weighted by atomic mass is 19.2. The summed E-state index contributed by atoms with van der Waals surface area (Å²) in [5.41, 5.74) is 8.97. The van der Waals surface area contributed by atoms with Crippen LogP contribution in [0.3, 0.4) is 0 Å². The van der Waals surface area contributed by atoms with Crippen LogP contribution >= 0.6 is 0 Å². The Morgan fingerprint density at radius 1 is 1.10 bits per heavy atom. The van der Waals surface area contributed by atoms with Crippen LogP contribution in [-0.4, -0.2) is 4.98 Å². The number of hydrogen-bond donors (Lipinski definition) is 1. The first-order valence-electron chi connectivity index (χ1n) is 6.64. The Labute approximate surface area is 121 Å². The molecule has 0 unspecified atom stereocenters. The predicted octanol–water partition coefficient (Wildman–Crippen LogP) is 3.95. The van der Waals surface area contributed by atoms with Gasteiger partial charge in [0.1, 0.15) is 0 Å². The van der Waals surface area contributed by atoms with Crippen LogP contribution in [0.4, 0.5) is 8.78 Å². The number of aryl methyl sites for hydroxylation is 1. The number of nitrogens with zero attached hydrogens (tertiary/aromatic N) is 1. The normalized spacial score (nSPS) is 11.0. The molecule has 2 aromatic carbocycles. The summed E-state index contributed by atoms with van der Waals surface area (Å²) in [4.78, 5) is 4.37. The molecule has 0 spiro atoms. The molecular formula is C17H14F2N2. The van der Waals surface area contributed by atoms with E-state index < -0.39 is 11.6 Å². The molecule has 1 aromatic heterocycles.